The van der Waals surface area contributed by atoms with Crippen molar-refractivity contribution < 1.29 is 25.0 Å². The maximum Gasteiger partial charge on any atom is 0.0921 e. The normalized spacial score (nSPS) is 39.5. The predicted molar refractivity (Wildman–Crippen MR) is 51.7 cm³/mol. The van der Waals surface area contributed by atoms with Crippen LogP contribution >= 0.6 is 0 Å². The molecule has 1 nitrogen and oxygen atoms in total. The zero-order valence-electron chi connectivity index (χ0n) is 21.6. The standard InChI is InChI=1S/C10H24N/c1-5-9-10-11(6-2,7-3)8-4/h5-10H2,1-4H3/q+1/i2D3,3D3,4D3,6D2,7D2,8D2. The molecule has 1 heteroatoms. The lowest BCUT2D eigenvalue weighted by Crippen LogP contribution is -2.48. The van der Waals surface area contributed by atoms with Gasteiger partial charge in [0.2, 0.25) is 0 Å². The number of quaternary nitrogens is 1. The summed E-state index contributed by atoms with van der Waals surface area (Å²) in [5.41, 5.74) is 0. The first-order valence-electron chi connectivity index (χ1n) is 10.9. The van der Waals surface area contributed by atoms with Gasteiger partial charge in [-0.3, -0.25) is 0 Å². The number of unbranched alkanes of at least 4 members (excludes halogenated alkanes) is 1. The Bertz CT molecular complexity index is 418. The molecule has 0 spiro atoms. The van der Waals surface area contributed by atoms with E-state index < -0.39 is 51.1 Å². The van der Waals surface area contributed by atoms with Gasteiger partial charge in [0.05, 0.1) is 34.3 Å². The maximum absolute atomic E-state index is 8.03. The molecule has 0 aromatic heterocycles. The van der Waals surface area contributed by atoms with Gasteiger partial charge >= 0.3 is 0 Å². The second kappa shape index (κ2) is 5.59. The molecule has 68 valence electrons. The van der Waals surface area contributed by atoms with Crippen LogP contribution in [0.4, 0.5) is 0 Å². The molecule has 0 aliphatic heterocycles. The molecule has 0 unspecified atom stereocenters. The first-order valence-corrected chi connectivity index (χ1v) is 3.44. The fourth-order valence-corrected chi connectivity index (χ4v) is 0.647. The van der Waals surface area contributed by atoms with Gasteiger partial charge in [-0.25, -0.2) is 0 Å². The molecule has 0 rings (SSSR count). The third-order valence-electron chi connectivity index (χ3n) is 1.42. The van der Waals surface area contributed by atoms with Crippen molar-refractivity contribution >= 4 is 0 Å². The second-order valence-electron chi connectivity index (χ2n) is 2.22. The first-order chi connectivity index (χ1) is 11.1. The Morgan fingerprint density at radius 3 is 2.09 bits per heavy atom. The van der Waals surface area contributed by atoms with Gasteiger partial charge in [0.15, 0.2) is 0 Å². The molecule has 0 fully saturated rings. The number of hydrogen-bond acceptors (Lipinski definition) is 0. The van der Waals surface area contributed by atoms with Crippen LogP contribution in [0, 0.1) is 0 Å². The van der Waals surface area contributed by atoms with E-state index in [0.717, 1.165) is 0 Å². The number of nitrogens with zero attached hydrogens (tertiary/aromatic N) is 1. The minimum absolute atomic E-state index is 0.194. The highest BCUT2D eigenvalue weighted by Gasteiger charge is 2.18. The highest BCUT2D eigenvalue weighted by Crippen LogP contribution is 2.07. The summed E-state index contributed by atoms with van der Waals surface area (Å²) in [6.45, 7) is -22.1. The maximum atomic E-state index is 8.03. The Kier molecular flexibility index (Phi) is 0.887. The summed E-state index contributed by atoms with van der Waals surface area (Å²) in [5.74, 6) is 0. The van der Waals surface area contributed by atoms with Crippen LogP contribution < -0.4 is 0 Å². The fourth-order valence-electron chi connectivity index (χ4n) is 0.647. The van der Waals surface area contributed by atoms with Crippen LogP contribution in [0.5, 0.6) is 0 Å². The molecule has 0 saturated carbocycles. The summed E-state index contributed by atoms with van der Waals surface area (Å²) < 4.78 is 113. The Labute approximate surface area is 93.1 Å². The molecular formula is C10H24N+. The van der Waals surface area contributed by atoms with Gasteiger partial charge < -0.3 is 4.48 Å². The molecule has 0 aliphatic rings. The number of rotatable bonds is 6. The van der Waals surface area contributed by atoms with Gasteiger partial charge in [-0.1, -0.05) is 13.3 Å². The highest BCUT2D eigenvalue weighted by atomic mass is 15.3. The van der Waals surface area contributed by atoms with Crippen molar-refractivity contribution in [3.63, 3.8) is 0 Å². The van der Waals surface area contributed by atoms with Crippen molar-refractivity contribution in [1.82, 2.24) is 0 Å². The molecule has 0 N–H and O–H groups in total. The number of hydrogen-bond donors (Lipinski definition) is 0. The lowest BCUT2D eigenvalue weighted by Gasteiger charge is -2.35. The minimum atomic E-state index is -3.85. The van der Waals surface area contributed by atoms with E-state index in [-0.39, 0.29) is 12.8 Å². The Balaban J connectivity index is 7.35. The van der Waals surface area contributed by atoms with E-state index in [0.29, 0.717) is 0 Å². The first kappa shape index (κ1) is 1.75. The Morgan fingerprint density at radius 2 is 1.73 bits per heavy atom. The molecule has 0 saturated heterocycles. The van der Waals surface area contributed by atoms with Gasteiger partial charge in [-0.15, -0.1) is 0 Å². The second-order valence-corrected chi connectivity index (χ2v) is 2.22. The van der Waals surface area contributed by atoms with Gasteiger partial charge in [0, 0.05) is 12.3 Å². The van der Waals surface area contributed by atoms with E-state index >= 15 is 0 Å². The van der Waals surface area contributed by atoms with Crippen molar-refractivity contribution in [1.29, 1.82) is 0 Å². The lowest BCUT2D eigenvalue weighted by molar-refractivity contribution is -0.923. The van der Waals surface area contributed by atoms with Crippen LogP contribution in [0.3, 0.4) is 0 Å². The van der Waals surface area contributed by atoms with Gasteiger partial charge in [-0.2, -0.15) is 0 Å². The fraction of sp³-hybridized carbons (Fsp3) is 1.00. The molecule has 0 atom stereocenters. The molecular weight excluding hydrogens is 134 g/mol. The molecule has 0 heterocycles. The molecule has 0 radical (unpaired) electrons. The van der Waals surface area contributed by atoms with E-state index in [9.17, 15) is 0 Å². The quantitative estimate of drug-likeness (QED) is 0.542. The topological polar surface area (TPSA) is 0 Å². The SMILES string of the molecule is [2H]C([2H])([2H])C([2H])([2H])[N+](CCCC)(C([2H])([2H])C([2H])([2H])[2H])C([2H])([2H])C([2H])([2H])[2H]. The van der Waals surface area contributed by atoms with Gasteiger partial charge in [0.1, 0.15) is 0 Å². The smallest absolute Gasteiger partial charge is 0.0921 e. The molecule has 0 aliphatic carbocycles. The van der Waals surface area contributed by atoms with E-state index in [1.54, 1.807) is 6.92 Å². The molecule has 0 aromatic carbocycles. The van der Waals surface area contributed by atoms with Crippen LogP contribution in [0.15, 0.2) is 0 Å². The van der Waals surface area contributed by atoms with Crippen molar-refractivity contribution in [2.45, 2.75) is 40.3 Å². The minimum Gasteiger partial charge on any atom is -0.324 e. The van der Waals surface area contributed by atoms with Crippen molar-refractivity contribution in [3.8, 4) is 0 Å². The van der Waals surface area contributed by atoms with Crippen LogP contribution in [-0.2, 0) is 0 Å². The van der Waals surface area contributed by atoms with Crippen LogP contribution in [0.25, 0.3) is 0 Å². The lowest BCUT2D eigenvalue weighted by atomic mass is 10.2. The zero-order valence-corrected chi connectivity index (χ0v) is 6.57. The molecule has 0 amide bonds. The zero-order chi connectivity index (χ0) is 21.6. The van der Waals surface area contributed by atoms with Crippen molar-refractivity contribution in [3.05, 3.63) is 0 Å². The van der Waals surface area contributed by atoms with Crippen LogP contribution in [0.2, 0.25) is 0 Å². The Morgan fingerprint density at radius 1 is 1.18 bits per heavy atom. The summed E-state index contributed by atoms with van der Waals surface area (Å²) in [4.78, 5) is 0. The third-order valence-corrected chi connectivity index (χ3v) is 1.42. The Hall–Kier alpha value is -0.0400. The molecule has 11 heavy (non-hydrogen) atoms. The highest BCUT2D eigenvalue weighted by molar-refractivity contribution is 4.38. The monoisotopic (exact) mass is 173 g/mol. The van der Waals surface area contributed by atoms with E-state index in [1.165, 1.54) is 0 Å². The van der Waals surface area contributed by atoms with E-state index in [4.69, 9.17) is 20.6 Å². The van der Waals surface area contributed by atoms with Crippen LogP contribution in [-0.4, -0.2) is 30.5 Å². The van der Waals surface area contributed by atoms with Gasteiger partial charge in [-0.05, 0) is 27.0 Å². The summed E-state index contributed by atoms with van der Waals surface area (Å²) in [7, 11) is 0. The average Bonchev–Trinajstić information content (AvgIpc) is 2.34. The van der Waals surface area contributed by atoms with Crippen LogP contribution in [0.1, 0.15) is 60.9 Å². The average molecular weight is 173 g/mol. The molecule has 0 aromatic rings. The summed E-state index contributed by atoms with van der Waals surface area (Å²) in [5, 5.41) is 0. The predicted octanol–water partition coefficient (Wildman–Crippen LogP) is 2.66. The molecule has 0 bridgehead atoms. The van der Waals surface area contributed by atoms with E-state index in [2.05, 4.69) is 0 Å². The third kappa shape index (κ3) is 3.24. The summed E-state index contributed by atoms with van der Waals surface area (Å²) >= 11 is 0. The van der Waals surface area contributed by atoms with Crippen molar-refractivity contribution in [2.24, 2.45) is 0 Å². The van der Waals surface area contributed by atoms with Gasteiger partial charge in [0.25, 0.3) is 0 Å². The largest absolute Gasteiger partial charge is 0.324 e. The van der Waals surface area contributed by atoms with Crippen molar-refractivity contribution in [2.75, 3.05) is 26.0 Å². The summed E-state index contributed by atoms with van der Waals surface area (Å²) in [6.07, 6.45) is 0.00596. The van der Waals surface area contributed by atoms with E-state index in [1.807, 2.05) is 0 Å². The summed E-state index contributed by atoms with van der Waals surface area (Å²) in [6, 6.07) is 0.